The zero-order valence-electron chi connectivity index (χ0n) is 9.60. The van der Waals surface area contributed by atoms with E-state index in [1.165, 1.54) is 0 Å². The van der Waals surface area contributed by atoms with Gasteiger partial charge in [-0.15, -0.1) is 0 Å². The Bertz CT molecular complexity index is 354. The maximum Gasteiger partial charge on any atom is 0.147 e. The number of unbranched alkanes of at least 4 members (excludes halogenated alkanes) is 1. The molecule has 1 saturated carbocycles. The minimum atomic E-state index is -0.650. The van der Waals surface area contributed by atoms with Gasteiger partial charge in [-0.1, -0.05) is 44.1 Å². The molecule has 86 valence electrons. The summed E-state index contributed by atoms with van der Waals surface area (Å²) in [5.74, 6) is 0.281. The molecular formula is C14H18O2. The lowest BCUT2D eigenvalue weighted by Crippen LogP contribution is -2.52. The molecule has 0 amide bonds. The lowest BCUT2D eigenvalue weighted by Gasteiger charge is -2.43. The molecule has 0 aromatic heterocycles. The Morgan fingerprint density at radius 1 is 1.19 bits per heavy atom. The van der Waals surface area contributed by atoms with E-state index in [2.05, 4.69) is 19.1 Å². The predicted octanol–water partition coefficient (Wildman–Crippen LogP) is 2.09. The van der Waals surface area contributed by atoms with Gasteiger partial charge in [-0.2, -0.15) is 0 Å². The lowest BCUT2D eigenvalue weighted by molar-refractivity contribution is -0.142. The Labute approximate surface area is 96.0 Å². The standard InChI is InChI=1S/C14H18O2/c1-2-3-8-14(16)11-6-7-12(14)10-5-4-9(11)13(10)15/h4-7,9-12,16H,2-3,8H2,1H3. The number of hydrogen-bond acceptors (Lipinski definition) is 2. The Morgan fingerprint density at radius 3 is 2.25 bits per heavy atom. The number of Topliss-reactive ketones (excluding diaryl/α,β-unsaturated/α-hetero) is 1. The third kappa shape index (κ3) is 1.08. The largest absolute Gasteiger partial charge is 0.389 e. The van der Waals surface area contributed by atoms with Crippen molar-refractivity contribution in [1.29, 1.82) is 0 Å². The molecule has 0 spiro atoms. The number of ketones is 1. The summed E-state index contributed by atoms with van der Waals surface area (Å²) in [4.78, 5) is 12.0. The van der Waals surface area contributed by atoms with Crippen molar-refractivity contribution >= 4 is 5.78 Å². The predicted molar refractivity (Wildman–Crippen MR) is 61.7 cm³/mol. The third-order valence-electron chi connectivity index (χ3n) is 4.57. The van der Waals surface area contributed by atoms with E-state index < -0.39 is 5.60 Å². The van der Waals surface area contributed by atoms with Crippen molar-refractivity contribution in [1.82, 2.24) is 0 Å². The number of rotatable bonds is 3. The lowest BCUT2D eigenvalue weighted by atomic mass is 9.64. The summed E-state index contributed by atoms with van der Waals surface area (Å²) in [5.41, 5.74) is -0.650. The van der Waals surface area contributed by atoms with E-state index in [4.69, 9.17) is 0 Å². The molecule has 0 heterocycles. The van der Waals surface area contributed by atoms with Crippen LogP contribution in [0, 0.1) is 23.7 Å². The second-order valence-corrected chi connectivity index (χ2v) is 5.37. The number of carbonyl (C=O) groups is 1. The number of carbonyl (C=O) groups excluding carboxylic acids is 1. The first-order chi connectivity index (χ1) is 7.68. The summed E-state index contributed by atoms with van der Waals surface area (Å²) in [7, 11) is 0. The topological polar surface area (TPSA) is 37.3 Å². The molecule has 0 saturated heterocycles. The van der Waals surface area contributed by atoms with Gasteiger partial charge in [0.25, 0.3) is 0 Å². The van der Waals surface area contributed by atoms with Gasteiger partial charge in [-0.05, 0) is 6.42 Å². The third-order valence-corrected chi connectivity index (χ3v) is 4.57. The molecule has 2 nitrogen and oxygen atoms in total. The Kier molecular flexibility index (Phi) is 2.12. The molecule has 4 bridgehead atoms. The molecule has 3 aliphatic carbocycles. The first-order valence-electron chi connectivity index (χ1n) is 6.31. The Hall–Kier alpha value is -0.890. The molecule has 4 atom stereocenters. The summed E-state index contributed by atoms with van der Waals surface area (Å²) in [6.45, 7) is 2.14. The fraction of sp³-hybridized carbons (Fsp3) is 0.643. The molecule has 1 fully saturated rings. The van der Waals surface area contributed by atoms with Gasteiger partial charge in [-0.3, -0.25) is 4.79 Å². The van der Waals surface area contributed by atoms with Crippen LogP contribution in [0.25, 0.3) is 0 Å². The van der Waals surface area contributed by atoms with Crippen LogP contribution in [0.15, 0.2) is 24.3 Å². The zero-order valence-corrected chi connectivity index (χ0v) is 9.60. The summed E-state index contributed by atoms with van der Waals surface area (Å²) in [5, 5.41) is 10.8. The van der Waals surface area contributed by atoms with Crippen molar-refractivity contribution < 1.29 is 9.90 Å². The van der Waals surface area contributed by atoms with Gasteiger partial charge in [0.05, 0.1) is 5.60 Å². The molecule has 0 aliphatic heterocycles. The zero-order chi connectivity index (χ0) is 11.3. The quantitative estimate of drug-likeness (QED) is 0.736. The van der Waals surface area contributed by atoms with Crippen LogP contribution in [-0.4, -0.2) is 16.5 Å². The summed E-state index contributed by atoms with van der Waals surface area (Å²) in [6.07, 6.45) is 11.1. The minimum Gasteiger partial charge on any atom is -0.389 e. The highest BCUT2D eigenvalue weighted by Crippen LogP contribution is 2.54. The van der Waals surface area contributed by atoms with Crippen molar-refractivity contribution in [3.8, 4) is 0 Å². The highest BCUT2D eigenvalue weighted by Gasteiger charge is 2.59. The second kappa shape index (κ2) is 3.30. The fourth-order valence-corrected chi connectivity index (χ4v) is 3.69. The summed E-state index contributed by atoms with van der Waals surface area (Å²) in [6, 6.07) is 0. The average Bonchev–Trinajstić information content (AvgIpc) is 2.65. The molecule has 0 radical (unpaired) electrons. The number of allylic oxidation sites excluding steroid dienone is 2. The molecule has 0 aromatic carbocycles. The first-order valence-corrected chi connectivity index (χ1v) is 6.31. The highest BCUT2D eigenvalue weighted by atomic mass is 16.3. The van der Waals surface area contributed by atoms with Crippen LogP contribution in [0.4, 0.5) is 0 Å². The molecule has 4 unspecified atom stereocenters. The average molecular weight is 218 g/mol. The smallest absolute Gasteiger partial charge is 0.147 e. The van der Waals surface area contributed by atoms with Gasteiger partial charge in [0.2, 0.25) is 0 Å². The van der Waals surface area contributed by atoms with E-state index in [-0.39, 0.29) is 23.7 Å². The van der Waals surface area contributed by atoms with Gasteiger partial charge < -0.3 is 5.11 Å². The maximum absolute atomic E-state index is 12.0. The van der Waals surface area contributed by atoms with E-state index in [9.17, 15) is 9.90 Å². The van der Waals surface area contributed by atoms with E-state index in [1.807, 2.05) is 12.2 Å². The van der Waals surface area contributed by atoms with Crippen LogP contribution in [0.5, 0.6) is 0 Å². The molecule has 3 aliphatic rings. The normalized spacial score (nSPS) is 48.0. The number of fused-ring (bicyclic) bond motifs is 6. The van der Waals surface area contributed by atoms with Crippen molar-refractivity contribution in [3.63, 3.8) is 0 Å². The number of aliphatic hydroxyl groups is 1. The van der Waals surface area contributed by atoms with Crippen LogP contribution in [0.1, 0.15) is 26.2 Å². The van der Waals surface area contributed by atoms with Crippen molar-refractivity contribution in [3.05, 3.63) is 24.3 Å². The summed E-state index contributed by atoms with van der Waals surface area (Å²) >= 11 is 0. The second-order valence-electron chi connectivity index (χ2n) is 5.37. The fourth-order valence-electron chi connectivity index (χ4n) is 3.69. The van der Waals surface area contributed by atoms with Crippen molar-refractivity contribution in [2.75, 3.05) is 0 Å². The van der Waals surface area contributed by atoms with Gasteiger partial charge >= 0.3 is 0 Å². The van der Waals surface area contributed by atoms with E-state index in [0.717, 1.165) is 19.3 Å². The Balaban J connectivity index is 1.93. The molecule has 16 heavy (non-hydrogen) atoms. The van der Waals surface area contributed by atoms with E-state index in [0.29, 0.717) is 5.78 Å². The van der Waals surface area contributed by atoms with E-state index in [1.54, 1.807) is 0 Å². The van der Waals surface area contributed by atoms with Crippen molar-refractivity contribution in [2.45, 2.75) is 31.8 Å². The van der Waals surface area contributed by atoms with Gasteiger partial charge in [-0.25, -0.2) is 0 Å². The minimum absolute atomic E-state index is 0.0338. The molecule has 1 N–H and O–H groups in total. The highest BCUT2D eigenvalue weighted by molar-refractivity contribution is 5.92. The van der Waals surface area contributed by atoms with Crippen LogP contribution < -0.4 is 0 Å². The summed E-state index contributed by atoms with van der Waals surface area (Å²) < 4.78 is 0. The van der Waals surface area contributed by atoms with Crippen LogP contribution in [0.3, 0.4) is 0 Å². The maximum atomic E-state index is 12.0. The van der Waals surface area contributed by atoms with Gasteiger partial charge in [0, 0.05) is 23.7 Å². The van der Waals surface area contributed by atoms with Crippen molar-refractivity contribution in [2.24, 2.45) is 23.7 Å². The number of hydrogen-bond donors (Lipinski definition) is 1. The van der Waals surface area contributed by atoms with Crippen LogP contribution >= 0.6 is 0 Å². The van der Waals surface area contributed by atoms with Crippen LogP contribution in [0.2, 0.25) is 0 Å². The van der Waals surface area contributed by atoms with Crippen LogP contribution in [-0.2, 0) is 4.79 Å². The van der Waals surface area contributed by atoms with E-state index >= 15 is 0 Å². The van der Waals surface area contributed by atoms with Gasteiger partial charge in [0.1, 0.15) is 5.78 Å². The monoisotopic (exact) mass is 218 g/mol. The molecule has 0 aromatic rings. The molecule has 3 rings (SSSR count). The first kappa shape index (κ1) is 10.3. The Morgan fingerprint density at radius 2 is 1.75 bits per heavy atom. The molecule has 2 heteroatoms. The molecular weight excluding hydrogens is 200 g/mol. The van der Waals surface area contributed by atoms with Gasteiger partial charge in [0.15, 0.2) is 0 Å². The SMILES string of the molecule is CCCCC1(O)C2C=CC1C1C=CC2C1=O.